The van der Waals surface area contributed by atoms with E-state index in [0.717, 1.165) is 0 Å². The number of aromatic nitrogens is 2. The molecule has 18 heavy (non-hydrogen) atoms. The lowest BCUT2D eigenvalue weighted by molar-refractivity contribution is -0.137. The van der Waals surface area contributed by atoms with E-state index in [2.05, 4.69) is 5.10 Å². The minimum absolute atomic E-state index is 0.306. The van der Waals surface area contributed by atoms with Crippen LogP contribution in [0, 0.1) is 0 Å². The maximum Gasteiger partial charge on any atom is 0.356 e. The lowest BCUT2D eigenvalue weighted by atomic mass is 10.4. The van der Waals surface area contributed by atoms with Crippen molar-refractivity contribution in [3.8, 4) is 0 Å². The highest BCUT2D eigenvalue weighted by molar-refractivity contribution is 5.87. The monoisotopic (exact) mass is 252 g/mol. The largest absolute Gasteiger partial charge is 0.463 e. The minimum Gasteiger partial charge on any atom is -0.463 e. The smallest absolute Gasteiger partial charge is 0.356 e. The Morgan fingerprint density at radius 3 is 2.72 bits per heavy atom. The standard InChI is InChI=1S/C12H16N2O4/c1-3-17-11(15)6-5-9-14-10(7-8-13-14)12(16)18-4-2/h5-8H,3-4,9H2,1-2H3. The fourth-order valence-electron chi connectivity index (χ4n) is 1.30. The molecule has 0 bridgehead atoms. The Hall–Kier alpha value is -2.11. The van der Waals surface area contributed by atoms with E-state index in [-0.39, 0.29) is 0 Å². The maximum absolute atomic E-state index is 11.5. The van der Waals surface area contributed by atoms with Crippen molar-refractivity contribution in [2.45, 2.75) is 20.4 Å². The molecule has 6 heteroatoms. The minimum atomic E-state index is -0.431. The third kappa shape index (κ3) is 4.04. The first-order valence-corrected chi connectivity index (χ1v) is 5.71. The van der Waals surface area contributed by atoms with Gasteiger partial charge in [0.05, 0.1) is 19.8 Å². The van der Waals surface area contributed by atoms with Gasteiger partial charge in [-0.3, -0.25) is 4.68 Å². The molecular formula is C12H16N2O4. The van der Waals surface area contributed by atoms with Gasteiger partial charge in [-0.15, -0.1) is 0 Å². The van der Waals surface area contributed by atoms with Gasteiger partial charge in [0.1, 0.15) is 5.69 Å². The number of carbonyl (C=O) groups is 2. The zero-order chi connectivity index (χ0) is 13.4. The summed E-state index contributed by atoms with van der Waals surface area (Å²) in [5.74, 6) is -0.845. The highest BCUT2D eigenvalue weighted by Gasteiger charge is 2.11. The molecule has 0 aromatic carbocycles. The van der Waals surface area contributed by atoms with Crippen molar-refractivity contribution >= 4 is 11.9 Å². The van der Waals surface area contributed by atoms with Gasteiger partial charge in [0.15, 0.2) is 0 Å². The number of carbonyl (C=O) groups excluding carboxylic acids is 2. The normalized spacial score (nSPS) is 10.6. The van der Waals surface area contributed by atoms with Gasteiger partial charge >= 0.3 is 11.9 Å². The van der Waals surface area contributed by atoms with Gasteiger partial charge < -0.3 is 9.47 Å². The fourth-order valence-corrected chi connectivity index (χ4v) is 1.30. The molecular weight excluding hydrogens is 236 g/mol. The number of rotatable bonds is 6. The number of ether oxygens (including phenoxy) is 2. The maximum atomic E-state index is 11.5. The summed E-state index contributed by atoms with van der Waals surface area (Å²) in [4.78, 5) is 22.6. The van der Waals surface area contributed by atoms with E-state index in [9.17, 15) is 9.59 Å². The Bertz CT molecular complexity index is 437. The van der Waals surface area contributed by atoms with Crippen molar-refractivity contribution in [2.24, 2.45) is 0 Å². The summed E-state index contributed by atoms with van der Waals surface area (Å²) >= 11 is 0. The summed E-state index contributed by atoms with van der Waals surface area (Å²) in [5, 5.41) is 3.97. The molecule has 1 rings (SSSR count). The lowest BCUT2D eigenvalue weighted by Crippen LogP contribution is -2.13. The molecule has 6 nitrogen and oxygen atoms in total. The van der Waals surface area contributed by atoms with Gasteiger partial charge in [-0.1, -0.05) is 6.08 Å². The summed E-state index contributed by atoms with van der Waals surface area (Å²) in [6, 6.07) is 1.57. The molecule has 0 spiro atoms. The Morgan fingerprint density at radius 1 is 1.33 bits per heavy atom. The number of hydrogen-bond acceptors (Lipinski definition) is 5. The molecule has 1 aromatic rings. The first-order valence-electron chi connectivity index (χ1n) is 5.71. The van der Waals surface area contributed by atoms with Crippen LogP contribution in [0.1, 0.15) is 24.3 Å². The Balaban J connectivity index is 2.60. The average Bonchev–Trinajstić information content (AvgIpc) is 2.78. The molecule has 0 radical (unpaired) electrons. The van der Waals surface area contributed by atoms with Crippen LogP contribution >= 0.6 is 0 Å². The van der Waals surface area contributed by atoms with Crippen LogP contribution in [-0.4, -0.2) is 34.9 Å². The molecule has 0 N–H and O–H groups in total. The molecule has 0 saturated carbocycles. The summed E-state index contributed by atoms with van der Waals surface area (Å²) in [6.07, 6.45) is 4.39. The van der Waals surface area contributed by atoms with E-state index in [1.54, 1.807) is 26.0 Å². The first kappa shape index (κ1) is 14.0. The average molecular weight is 252 g/mol. The van der Waals surface area contributed by atoms with Crippen LogP contribution in [0.25, 0.3) is 0 Å². The van der Waals surface area contributed by atoms with Gasteiger partial charge in [0.2, 0.25) is 0 Å². The highest BCUT2D eigenvalue weighted by atomic mass is 16.5. The van der Waals surface area contributed by atoms with Gasteiger partial charge in [-0.05, 0) is 19.9 Å². The van der Waals surface area contributed by atoms with Crippen LogP contribution in [0.2, 0.25) is 0 Å². The zero-order valence-corrected chi connectivity index (χ0v) is 10.5. The molecule has 1 heterocycles. The van der Waals surface area contributed by atoms with E-state index in [0.29, 0.717) is 25.5 Å². The van der Waals surface area contributed by atoms with Crippen molar-refractivity contribution in [1.29, 1.82) is 0 Å². The molecule has 0 amide bonds. The third-order valence-electron chi connectivity index (χ3n) is 2.02. The molecule has 0 aliphatic heterocycles. The SMILES string of the molecule is CCOC(=O)C=CCn1nccc1C(=O)OCC. The number of nitrogens with zero attached hydrogens (tertiary/aromatic N) is 2. The second kappa shape index (κ2) is 7.26. The molecule has 0 aliphatic rings. The van der Waals surface area contributed by atoms with Crippen LogP contribution in [0.3, 0.4) is 0 Å². The fraction of sp³-hybridized carbons (Fsp3) is 0.417. The van der Waals surface area contributed by atoms with Crippen LogP contribution in [0.4, 0.5) is 0 Å². The number of esters is 2. The van der Waals surface area contributed by atoms with Crippen LogP contribution in [-0.2, 0) is 20.8 Å². The Morgan fingerprint density at radius 2 is 2.06 bits per heavy atom. The van der Waals surface area contributed by atoms with Gasteiger partial charge in [-0.25, -0.2) is 9.59 Å². The lowest BCUT2D eigenvalue weighted by Gasteiger charge is -2.03. The molecule has 0 atom stereocenters. The van der Waals surface area contributed by atoms with Crippen LogP contribution in [0.15, 0.2) is 24.4 Å². The summed E-state index contributed by atoms with van der Waals surface area (Å²) in [7, 11) is 0. The second-order valence-electron chi connectivity index (χ2n) is 3.27. The van der Waals surface area contributed by atoms with Gasteiger partial charge in [0, 0.05) is 12.3 Å². The molecule has 0 fully saturated rings. The quantitative estimate of drug-likeness (QED) is 0.561. The second-order valence-corrected chi connectivity index (χ2v) is 3.27. The number of hydrogen-bond donors (Lipinski definition) is 0. The van der Waals surface area contributed by atoms with E-state index in [1.807, 2.05) is 0 Å². The predicted octanol–water partition coefficient (Wildman–Crippen LogP) is 1.18. The highest BCUT2D eigenvalue weighted by Crippen LogP contribution is 2.02. The van der Waals surface area contributed by atoms with Gasteiger partial charge in [-0.2, -0.15) is 5.10 Å². The van der Waals surface area contributed by atoms with Crippen LogP contribution < -0.4 is 0 Å². The van der Waals surface area contributed by atoms with Crippen molar-refractivity contribution < 1.29 is 19.1 Å². The molecule has 0 saturated heterocycles. The van der Waals surface area contributed by atoms with Crippen molar-refractivity contribution in [1.82, 2.24) is 9.78 Å². The zero-order valence-electron chi connectivity index (χ0n) is 10.5. The van der Waals surface area contributed by atoms with Crippen molar-refractivity contribution in [3.05, 3.63) is 30.1 Å². The Kier molecular flexibility index (Phi) is 5.63. The molecule has 0 unspecified atom stereocenters. The van der Waals surface area contributed by atoms with E-state index in [1.165, 1.54) is 17.0 Å². The molecule has 0 aliphatic carbocycles. The van der Waals surface area contributed by atoms with E-state index < -0.39 is 11.9 Å². The predicted molar refractivity (Wildman–Crippen MR) is 64.0 cm³/mol. The molecule has 1 aromatic heterocycles. The summed E-state index contributed by atoms with van der Waals surface area (Å²) in [5.41, 5.74) is 0.352. The molecule has 98 valence electrons. The summed E-state index contributed by atoms with van der Waals surface area (Å²) < 4.78 is 11.1. The van der Waals surface area contributed by atoms with Crippen molar-refractivity contribution in [3.63, 3.8) is 0 Å². The third-order valence-corrected chi connectivity index (χ3v) is 2.02. The van der Waals surface area contributed by atoms with Gasteiger partial charge in [0.25, 0.3) is 0 Å². The van der Waals surface area contributed by atoms with Crippen molar-refractivity contribution in [2.75, 3.05) is 13.2 Å². The van der Waals surface area contributed by atoms with E-state index >= 15 is 0 Å². The summed E-state index contributed by atoms with van der Waals surface area (Å²) in [6.45, 7) is 4.42. The topological polar surface area (TPSA) is 70.4 Å². The first-order chi connectivity index (χ1) is 8.69. The van der Waals surface area contributed by atoms with Crippen LogP contribution in [0.5, 0.6) is 0 Å². The van der Waals surface area contributed by atoms with E-state index in [4.69, 9.17) is 9.47 Å². The number of allylic oxidation sites excluding steroid dienone is 1. The Labute approximate surface area is 105 Å².